The summed E-state index contributed by atoms with van der Waals surface area (Å²) < 4.78 is 31.4. The second-order valence-corrected chi connectivity index (χ2v) is 10.8. The summed E-state index contributed by atoms with van der Waals surface area (Å²) in [5.41, 5.74) is 3.65. The molecule has 4 rings (SSSR count). The molecule has 0 saturated carbocycles. The van der Waals surface area contributed by atoms with Crippen molar-refractivity contribution in [3.63, 3.8) is 0 Å². The van der Waals surface area contributed by atoms with Crippen molar-refractivity contribution in [1.29, 1.82) is 0 Å². The minimum absolute atomic E-state index is 0.0593. The summed E-state index contributed by atoms with van der Waals surface area (Å²) in [7, 11) is -1.29. The number of nitrogens with zero attached hydrogens (tertiary/aromatic N) is 3. The molecule has 31 heavy (non-hydrogen) atoms. The van der Waals surface area contributed by atoms with E-state index in [0.717, 1.165) is 49.0 Å². The third-order valence-corrected chi connectivity index (χ3v) is 8.27. The maximum atomic E-state index is 13.1. The Hall–Kier alpha value is -2.32. The molecule has 7 nitrogen and oxygen atoms in total. The first-order chi connectivity index (χ1) is 14.8. The number of para-hydroxylation sites is 2. The van der Waals surface area contributed by atoms with Gasteiger partial charge in [-0.05, 0) is 38.5 Å². The van der Waals surface area contributed by atoms with Crippen LogP contribution >= 0.6 is 0 Å². The van der Waals surface area contributed by atoms with E-state index in [0.29, 0.717) is 18.5 Å². The van der Waals surface area contributed by atoms with Crippen LogP contribution in [0.5, 0.6) is 5.75 Å². The zero-order chi connectivity index (χ0) is 22.2. The number of carbonyl (C=O) groups is 1. The Labute approximate surface area is 184 Å². The van der Waals surface area contributed by atoms with Crippen LogP contribution in [0.3, 0.4) is 0 Å². The number of Topliss-reactive ketones (excluding diaryl/α,β-unsaturated/α-hetero) is 1. The molecule has 168 valence electrons. The highest BCUT2D eigenvalue weighted by Crippen LogP contribution is 2.30. The van der Waals surface area contributed by atoms with E-state index in [4.69, 9.17) is 4.74 Å². The average Bonchev–Trinajstić information content (AvgIpc) is 3.26. The lowest BCUT2D eigenvalue weighted by Crippen LogP contribution is -2.48. The predicted molar refractivity (Wildman–Crippen MR) is 122 cm³/mol. The molecule has 0 amide bonds. The number of methoxy groups -OCH3 is 1. The van der Waals surface area contributed by atoms with Gasteiger partial charge in [0, 0.05) is 49.2 Å². The predicted octanol–water partition coefficient (Wildman–Crippen LogP) is 2.48. The van der Waals surface area contributed by atoms with E-state index in [9.17, 15) is 13.2 Å². The second kappa shape index (κ2) is 8.67. The summed E-state index contributed by atoms with van der Waals surface area (Å²) in [5, 5.41) is 0. The van der Waals surface area contributed by atoms with E-state index in [1.54, 1.807) is 7.11 Å². The van der Waals surface area contributed by atoms with Crippen molar-refractivity contribution in [2.75, 3.05) is 56.2 Å². The summed E-state index contributed by atoms with van der Waals surface area (Å²) in [5.74, 6) is 1.37. The van der Waals surface area contributed by atoms with Gasteiger partial charge >= 0.3 is 0 Å². The van der Waals surface area contributed by atoms with Crippen LogP contribution in [0.2, 0.25) is 0 Å². The largest absolute Gasteiger partial charge is 0.495 e. The smallest absolute Gasteiger partial charge is 0.178 e. The lowest BCUT2D eigenvalue weighted by molar-refractivity contribution is 0.0925. The minimum atomic E-state index is -2.97. The molecule has 1 aromatic heterocycles. The molecule has 2 fully saturated rings. The molecule has 0 spiro atoms. The van der Waals surface area contributed by atoms with Crippen molar-refractivity contribution in [3.05, 3.63) is 47.3 Å². The zero-order valence-corrected chi connectivity index (χ0v) is 19.3. The Bertz CT molecular complexity index is 1070. The summed E-state index contributed by atoms with van der Waals surface area (Å²) >= 11 is 0. The van der Waals surface area contributed by atoms with Gasteiger partial charge in [-0.2, -0.15) is 0 Å². The molecular weight excluding hydrogens is 414 g/mol. The van der Waals surface area contributed by atoms with Crippen LogP contribution in [0.1, 0.15) is 34.2 Å². The SMILES string of the molecule is COc1ccccc1N1CCN(CC(=O)c2cc(C)n(C3CCS(=O)(=O)C3)c2C)CC1. The quantitative estimate of drug-likeness (QED) is 0.636. The van der Waals surface area contributed by atoms with Gasteiger partial charge in [0.2, 0.25) is 0 Å². The number of sulfone groups is 1. The summed E-state index contributed by atoms with van der Waals surface area (Å²) in [6.07, 6.45) is 0.622. The number of ketones is 1. The molecule has 0 bridgehead atoms. The second-order valence-electron chi connectivity index (χ2n) is 8.57. The van der Waals surface area contributed by atoms with Crippen molar-refractivity contribution < 1.29 is 17.9 Å². The van der Waals surface area contributed by atoms with Crippen molar-refractivity contribution in [2.45, 2.75) is 26.3 Å². The van der Waals surface area contributed by atoms with E-state index >= 15 is 0 Å². The van der Waals surface area contributed by atoms with Crippen molar-refractivity contribution in [3.8, 4) is 5.75 Å². The Morgan fingerprint density at radius 2 is 1.84 bits per heavy atom. The van der Waals surface area contributed by atoms with Crippen molar-refractivity contribution >= 4 is 21.3 Å². The first-order valence-corrected chi connectivity index (χ1v) is 12.6. The van der Waals surface area contributed by atoms with Gasteiger partial charge in [-0.3, -0.25) is 9.69 Å². The van der Waals surface area contributed by atoms with Crippen LogP contribution < -0.4 is 9.64 Å². The molecular formula is C23H31N3O4S. The number of carbonyl (C=O) groups excluding carboxylic acids is 1. The Morgan fingerprint density at radius 1 is 1.13 bits per heavy atom. The molecule has 0 N–H and O–H groups in total. The first-order valence-electron chi connectivity index (χ1n) is 10.8. The maximum absolute atomic E-state index is 13.1. The highest BCUT2D eigenvalue weighted by molar-refractivity contribution is 7.91. The van der Waals surface area contributed by atoms with Gasteiger partial charge in [-0.25, -0.2) is 8.42 Å². The lowest BCUT2D eigenvalue weighted by Gasteiger charge is -2.36. The fraction of sp³-hybridized carbons (Fsp3) is 0.522. The van der Waals surface area contributed by atoms with E-state index < -0.39 is 9.84 Å². The molecule has 2 saturated heterocycles. The normalized spacial score (nSPS) is 21.4. The van der Waals surface area contributed by atoms with Crippen LogP contribution in [0.4, 0.5) is 5.69 Å². The number of aromatic nitrogens is 1. The summed E-state index contributed by atoms with van der Waals surface area (Å²) in [6.45, 7) is 7.57. The van der Waals surface area contributed by atoms with Crippen LogP contribution in [0.15, 0.2) is 30.3 Å². The molecule has 0 aliphatic carbocycles. The lowest BCUT2D eigenvalue weighted by atomic mass is 10.1. The van der Waals surface area contributed by atoms with Gasteiger partial charge < -0.3 is 14.2 Å². The molecule has 8 heteroatoms. The number of anilines is 1. The summed E-state index contributed by atoms with van der Waals surface area (Å²) in [6, 6.07) is 9.88. The van der Waals surface area contributed by atoms with Gasteiger partial charge in [0.25, 0.3) is 0 Å². The van der Waals surface area contributed by atoms with E-state index in [1.165, 1.54) is 0 Å². The van der Waals surface area contributed by atoms with Crippen LogP contribution in [0, 0.1) is 13.8 Å². The first kappa shape index (κ1) is 21.9. The van der Waals surface area contributed by atoms with Crippen LogP contribution in [0.25, 0.3) is 0 Å². The topological polar surface area (TPSA) is 71.8 Å². The average molecular weight is 446 g/mol. The van der Waals surface area contributed by atoms with Crippen LogP contribution in [-0.2, 0) is 9.84 Å². The maximum Gasteiger partial charge on any atom is 0.178 e. The summed E-state index contributed by atoms with van der Waals surface area (Å²) in [4.78, 5) is 17.6. The molecule has 1 unspecified atom stereocenters. The van der Waals surface area contributed by atoms with Gasteiger partial charge in [-0.1, -0.05) is 12.1 Å². The zero-order valence-electron chi connectivity index (χ0n) is 18.5. The third-order valence-electron chi connectivity index (χ3n) is 6.52. The Morgan fingerprint density at radius 3 is 2.48 bits per heavy atom. The molecule has 2 aliphatic rings. The fourth-order valence-electron chi connectivity index (χ4n) is 4.93. The number of ether oxygens (including phenoxy) is 1. The standard InChI is InChI=1S/C23H31N3O4S/c1-17-14-20(18(2)26(17)19-8-13-31(28,29)16-19)22(27)15-24-9-11-25(12-10-24)21-6-4-5-7-23(21)30-3/h4-7,14,19H,8-13,15-16H2,1-3H3. The van der Waals surface area contributed by atoms with Gasteiger partial charge in [0.15, 0.2) is 15.6 Å². The Balaban J connectivity index is 1.40. The molecule has 0 radical (unpaired) electrons. The number of rotatable bonds is 6. The van der Waals surface area contributed by atoms with Crippen molar-refractivity contribution in [2.24, 2.45) is 0 Å². The molecule has 2 aliphatic heterocycles. The van der Waals surface area contributed by atoms with Gasteiger partial charge in [0.1, 0.15) is 5.75 Å². The number of benzene rings is 1. The van der Waals surface area contributed by atoms with E-state index in [2.05, 4.69) is 20.4 Å². The molecule has 1 aromatic carbocycles. The third kappa shape index (κ3) is 4.50. The van der Waals surface area contributed by atoms with Crippen molar-refractivity contribution in [1.82, 2.24) is 9.47 Å². The highest BCUT2D eigenvalue weighted by atomic mass is 32.2. The number of piperazine rings is 1. The molecule has 1 atom stereocenters. The fourth-order valence-corrected chi connectivity index (χ4v) is 6.63. The van der Waals surface area contributed by atoms with E-state index in [1.807, 2.05) is 38.1 Å². The number of hydrogen-bond acceptors (Lipinski definition) is 6. The van der Waals surface area contributed by atoms with Gasteiger partial charge in [0.05, 0.1) is 30.8 Å². The molecule has 2 aromatic rings. The minimum Gasteiger partial charge on any atom is -0.495 e. The van der Waals surface area contributed by atoms with Gasteiger partial charge in [-0.15, -0.1) is 0 Å². The van der Waals surface area contributed by atoms with Crippen LogP contribution in [-0.4, -0.2) is 75.0 Å². The Kier molecular flexibility index (Phi) is 6.12. The highest BCUT2D eigenvalue weighted by Gasteiger charge is 2.32. The van der Waals surface area contributed by atoms with E-state index in [-0.39, 0.29) is 23.3 Å². The number of aryl methyl sites for hydroxylation is 1. The molecule has 3 heterocycles. The monoisotopic (exact) mass is 445 g/mol. The number of hydrogen-bond donors (Lipinski definition) is 0.